The van der Waals surface area contributed by atoms with Crippen LogP contribution in [0, 0.1) is 0 Å². The molecule has 0 bridgehead atoms. The van der Waals surface area contributed by atoms with Crippen LogP contribution in [0.2, 0.25) is 0 Å². The Morgan fingerprint density at radius 1 is 1.47 bits per heavy atom. The van der Waals surface area contributed by atoms with Gasteiger partial charge in [-0.15, -0.1) is 5.10 Å². The van der Waals surface area contributed by atoms with Crippen LogP contribution in [-0.4, -0.2) is 25.1 Å². The molecule has 0 aromatic carbocycles. The van der Waals surface area contributed by atoms with Crippen molar-refractivity contribution in [3.63, 3.8) is 0 Å². The number of hydrogen-bond donors (Lipinski definition) is 0. The van der Waals surface area contributed by atoms with E-state index in [9.17, 15) is 0 Å². The van der Waals surface area contributed by atoms with E-state index in [0.29, 0.717) is 17.8 Å². The molecule has 2 aromatic rings. The van der Waals surface area contributed by atoms with Gasteiger partial charge < -0.3 is 4.52 Å². The van der Waals surface area contributed by atoms with E-state index in [1.165, 1.54) is 0 Å². The predicted molar refractivity (Wildman–Crippen MR) is 64.7 cm³/mol. The molecule has 0 fully saturated rings. The second kappa shape index (κ2) is 5.90. The molecule has 92 valence electrons. The molecule has 0 aliphatic rings. The molecule has 0 unspecified atom stereocenters. The molecule has 2 heterocycles. The molecule has 0 aliphatic carbocycles. The van der Waals surface area contributed by atoms with Crippen molar-refractivity contribution in [2.75, 3.05) is 0 Å². The predicted octanol–water partition coefficient (Wildman–Crippen LogP) is 1.95. The summed E-state index contributed by atoms with van der Waals surface area (Å²) in [5.74, 6) is 1.34. The lowest BCUT2D eigenvalue weighted by Crippen LogP contribution is -2.01. The zero-order chi connectivity index (χ0) is 12.1. The second-order valence-electron chi connectivity index (χ2n) is 3.75. The van der Waals surface area contributed by atoms with Crippen LogP contribution in [0.3, 0.4) is 0 Å². The van der Waals surface area contributed by atoms with E-state index >= 15 is 0 Å². The Labute approximate surface area is 108 Å². The van der Waals surface area contributed by atoms with Crippen LogP contribution >= 0.6 is 15.9 Å². The molecule has 0 amide bonds. The van der Waals surface area contributed by atoms with Crippen LogP contribution in [0.15, 0.2) is 10.7 Å². The highest BCUT2D eigenvalue weighted by atomic mass is 79.9. The summed E-state index contributed by atoms with van der Waals surface area (Å²) in [5.41, 5.74) is 0.885. The van der Waals surface area contributed by atoms with Gasteiger partial charge in [0.2, 0.25) is 5.89 Å². The number of aromatic nitrogens is 5. The van der Waals surface area contributed by atoms with Crippen LogP contribution in [0.5, 0.6) is 0 Å². The maximum atomic E-state index is 5.15. The Hall–Kier alpha value is -1.24. The Bertz CT molecular complexity index is 467. The SMILES string of the molecule is CCCCc1noc(Cn2cc(CBr)nn2)n1. The van der Waals surface area contributed by atoms with Crippen molar-refractivity contribution in [1.29, 1.82) is 0 Å². The minimum absolute atomic E-state index is 0.471. The smallest absolute Gasteiger partial charge is 0.248 e. The van der Waals surface area contributed by atoms with Crippen molar-refractivity contribution in [2.24, 2.45) is 0 Å². The summed E-state index contributed by atoms with van der Waals surface area (Å²) in [6, 6.07) is 0. The highest BCUT2D eigenvalue weighted by molar-refractivity contribution is 9.08. The Balaban J connectivity index is 1.96. The summed E-state index contributed by atoms with van der Waals surface area (Å²) in [7, 11) is 0. The first kappa shape index (κ1) is 12.2. The topological polar surface area (TPSA) is 69.6 Å². The molecule has 2 aromatic heterocycles. The quantitative estimate of drug-likeness (QED) is 0.763. The number of hydrogen-bond acceptors (Lipinski definition) is 5. The van der Waals surface area contributed by atoms with E-state index in [2.05, 4.69) is 43.3 Å². The first-order valence-corrected chi connectivity index (χ1v) is 6.70. The number of alkyl halides is 1. The Morgan fingerprint density at radius 3 is 3.06 bits per heavy atom. The molecular formula is C10H14BrN5O. The summed E-state index contributed by atoms with van der Waals surface area (Å²) in [6.07, 6.45) is 4.92. The average Bonchev–Trinajstić information content (AvgIpc) is 2.96. The van der Waals surface area contributed by atoms with Crippen molar-refractivity contribution >= 4 is 15.9 Å². The van der Waals surface area contributed by atoms with Crippen LogP contribution in [-0.2, 0) is 18.3 Å². The lowest BCUT2D eigenvalue weighted by atomic mass is 10.2. The minimum Gasteiger partial charge on any atom is -0.337 e. The summed E-state index contributed by atoms with van der Waals surface area (Å²) >= 11 is 3.32. The Kier molecular flexibility index (Phi) is 4.24. The van der Waals surface area contributed by atoms with E-state index in [4.69, 9.17) is 4.52 Å². The van der Waals surface area contributed by atoms with Gasteiger partial charge in [0.1, 0.15) is 6.54 Å². The minimum atomic E-state index is 0.471. The zero-order valence-electron chi connectivity index (χ0n) is 9.64. The van der Waals surface area contributed by atoms with E-state index in [1.54, 1.807) is 4.68 Å². The summed E-state index contributed by atoms with van der Waals surface area (Å²) in [6.45, 7) is 2.61. The van der Waals surface area contributed by atoms with E-state index < -0.39 is 0 Å². The highest BCUT2D eigenvalue weighted by Crippen LogP contribution is 2.05. The van der Waals surface area contributed by atoms with Crippen LogP contribution in [0.25, 0.3) is 0 Å². The van der Waals surface area contributed by atoms with Gasteiger partial charge in [-0.1, -0.05) is 39.6 Å². The Morgan fingerprint density at radius 2 is 2.35 bits per heavy atom. The fraction of sp³-hybridized carbons (Fsp3) is 0.600. The van der Waals surface area contributed by atoms with Gasteiger partial charge in [0.15, 0.2) is 5.82 Å². The average molecular weight is 300 g/mol. The number of rotatable bonds is 6. The third kappa shape index (κ3) is 3.36. The maximum absolute atomic E-state index is 5.15. The van der Waals surface area contributed by atoms with E-state index in [1.807, 2.05) is 6.20 Å². The molecule has 0 aliphatic heterocycles. The molecule has 0 saturated carbocycles. The van der Waals surface area contributed by atoms with Crippen LogP contribution in [0.1, 0.15) is 37.2 Å². The molecule has 2 rings (SSSR count). The monoisotopic (exact) mass is 299 g/mol. The molecule has 0 saturated heterocycles. The standard InChI is InChI=1S/C10H14BrN5O/c1-2-3-4-9-12-10(17-14-9)7-16-6-8(5-11)13-15-16/h6H,2-5,7H2,1H3. The van der Waals surface area contributed by atoms with Crippen LogP contribution in [0.4, 0.5) is 0 Å². The molecule has 0 atom stereocenters. The van der Waals surface area contributed by atoms with Crippen LogP contribution < -0.4 is 0 Å². The van der Waals surface area contributed by atoms with Gasteiger partial charge in [0.05, 0.1) is 5.69 Å². The molecule has 0 spiro atoms. The first-order valence-electron chi connectivity index (χ1n) is 5.58. The van der Waals surface area contributed by atoms with Crippen molar-refractivity contribution in [2.45, 2.75) is 38.1 Å². The lowest BCUT2D eigenvalue weighted by Gasteiger charge is -1.92. The van der Waals surface area contributed by atoms with Crippen molar-refractivity contribution in [1.82, 2.24) is 25.1 Å². The zero-order valence-corrected chi connectivity index (χ0v) is 11.2. The fourth-order valence-corrected chi connectivity index (χ4v) is 1.66. The molecular weight excluding hydrogens is 286 g/mol. The molecule has 17 heavy (non-hydrogen) atoms. The fourth-order valence-electron chi connectivity index (χ4n) is 1.41. The number of halogens is 1. The van der Waals surface area contributed by atoms with Gasteiger partial charge in [0.25, 0.3) is 0 Å². The molecule has 6 nitrogen and oxygen atoms in total. The number of nitrogens with zero attached hydrogens (tertiary/aromatic N) is 5. The van der Waals surface area contributed by atoms with Crippen molar-refractivity contribution in [3.8, 4) is 0 Å². The van der Waals surface area contributed by atoms with Gasteiger partial charge >= 0.3 is 0 Å². The molecule has 0 radical (unpaired) electrons. The first-order chi connectivity index (χ1) is 8.31. The van der Waals surface area contributed by atoms with Crippen molar-refractivity contribution in [3.05, 3.63) is 23.6 Å². The van der Waals surface area contributed by atoms with Gasteiger partial charge in [-0.05, 0) is 6.42 Å². The number of unbranched alkanes of at least 4 members (excludes halogenated alkanes) is 1. The highest BCUT2D eigenvalue weighted by Gasteiger charge is 2.07. The summed E-state index contributed by atoms with van der Waals surface area (Å²) in [5, 5.41) is 12.5. The maximum Gasteiger partial charge on any atom is 0.248 e. The molecule has 0 N–H and O–H groups in total. The van der Waals surface area contributed by atoms with Gasteiger partial charge in [0, 0.05) is 17.9 Å². The summed E-state index contributed by atoms with van der Waals surface area (Å²) in [4.78, 5) is 4.30. The van der Waals surface area contributed by atoms with Gasteiger partial charge in [-0.3, -0.25) is 0 Å². The van der Waals surface area contributed by atoms with Crippen molar-refractivity contribution < 1.29 is 4.52 Å². The largest absolute Gasteiger partial charge is 0.337 e. The second-order valence-corrected chi connectivity index (χ2v) is 4.31. The van der Waals surface area contributed by atoms with Gasteiger partial charge in [-0.2, -0.15) is 4.98 Å². The number of aryl methyl sites for hydroxylation is 1. The van der Waals surface area contributed by atoms with E-state index in [0.717, 1.165) is 30.8 Å². The third-order valence-electron chi connectivity index (χ3n) is 2.28. The van der Waals surface area contributed by atoms with E-state index in [-0.39, 0.29) is 0 Å². The normalized spacial score (nSPS) is 10.9. The molecule has 7 heteroatoms. The summed E-state index contributed by atoms with van der Waals surface area (Å²) < 4.78 is 6.84. The van der Waals surface area contributed by atoms with Gasteiger partial charge in [-0.25, -0.2) is 4.68 Å². The lowest BCUT2D eigenvalue weighted by molar-refractivity contribution is 0.359. The third-order valence-corrected chi connectivity index (χ3v) is 2.86.